The molecule has 0 aromatic heterocycles. The first-order chi connectivity index (χ1) is 20.7. The molecule has 0 amide bonds. The number of fused-ring (bicyclic) bond motifs is 2. The van der Waals surface area contributed by atoms with Crippen molar-refractivity contribution in [3.05, 3.63) is 110 Å². The Kier molecular flexibility index (Phi) is 6.66. The lowest BCUT2D eigenvalue weighted by Crippen LogP contribution is -2.07. The van der Waals surface area contributed by atoms with E-state index in [1.807, 2.05) is 25.1 Å². The van der Waals surface area contributed by atoms with Gasteiger partial charge in [-0.3, -0.25) is 0 Å². The van der Waals surface area contributed by atoms with E-state index in [4.69, 9.17) is 13.1 Å². The summed E-state index contributed by atoms with van der Waals surface area (Å²) in [6.45, 7) is 17.3. The maximum Gasteiger partial charge on any atom is 0.416 e. The highest BCUT2D eigenvalue weighted by Crippen LogP contribution is 2.45. The van der Waals surface area contributed by atoms with Crippen molar-refractivity contribution >= 4 is 27.2 Å². The third-order valence-electron chi connectivity index (χ3n) is 7.02. The molecule has 0 radical (unpaired) electrons. The Labute approximate surface area is 241 Å². The van der Waals surface area contributed by atoms with Gasteiger partial charge >= 0.3 is 6.18 Å². The van der Waals surface area contributed by atoms with E-state index in [1.54, 1.807) is 30.5 Å². The number of benzene rings is 3. The summed E-state index contributed by atoms with van der Waals surface area (Å²) >= 11 is 0. The molecule has 8 nitrogen and oxygen atoms in total. The van der Waals surface area contributed by atoms with Crippen LogP contribution in [0.3, 0.4) is 0 Å². The quantitative estimate of drug-likeness (QED) is 0.132. The molecule has 0 saturated heterocycles. The molecule has 0 fully saturated rings. The molecule has 0 N–H and O–H groups in total. The molecule has 5 aromatic carbocycles. The number of hydrogen-bond donors (Lipinski definition) is 0. The van der Waals surface area contributed by atoms with Crippen LogP contribution in [0.4, 0.5) is 18.9 Å². The van der Waals surface area contributed by atoms with E-state index in [2.05, 4.69) is 19.9 Å². The van der Waals surface area contributed by atoms with Gasteiger partial charge in [-0.1, -0.05) is 42.0 Å². The van der Waals surface area contributed by atoms with Crippen LogP contribution < -0.4 is 10.7 Å². The van der Waals surface area contributed by atoms with Crippen LogP contribution in [0.15, 0.2) is 58.6 Å². The highest BCUT2D eigenvalue weighted by molar-refractivity contribution is 6.21. The minimum absolute atomic E-state index is 0.00972. The average Bonchev–Trinajstić information content (AvgIpc) is 3.49. The molecule has 43 heavy (non-hydrogen) atoms. The Morgan fingerprint density at radius 1 is 0.698 bits per heavy atom. The van der Waals surface area contributed by atoms with Crippen LogP contribution in [0.25, 0.3) is 53.6 Å². The molecule has 0 aliphatic rings. The fourth-order valence-electron chi connectivity index (χ4n) is 5.30. The molecule has 5 aromatic rings. The van der Waals surface area contributed by atoms with Gasteiger partial charge in [-0.05, 0) is 30.2 Å². The largest absolute Gasteiger partial charge is 0.416 e. The van der Waals surface area contributed by atoms with Crippen LogP contribution in [0.1, 0.15) is 27.8 Å². The monoisotopic (exact) mass is 564 g/mol. The normalized spacial score (nSPS) is 11.9. The first-order valence-corrected chi connectivity index (χ1v) is 12.1. The third kappa shape index (κ3) is 4.11. The van der Waals surface area contributed by atoms with E-state index in [0.29, 0.717) is 5.56 Å². The number of rotatable bonds is 2. The van der Waals surface area contributed by atoms with E-state index in [-0.39, 0.29) is 71.3 Å². The number of nitrogens with zero attached hydrogens (tertiary/aromatic N) is 8. The molecular formula is C32H11F3N8. The number of alkyl halides is 3. The average molecular weight is 564 g/mol. The van der Waals surface area contributed by atoms with Gasteiger partial charge in [0.05, 0.1) is 45.4 Å². The van der Waals surface area contributed by atoms with Crippen molar-refractivity contribution in [1.29, 1.82) is 21.0 Å². The van der Waals surface area contributed by atoms with Crippen LogP contribution >= 0.6 is 0 Å². The van der Waals surface area contributed by atoms with Gasteiger partial charge in [0.25, 0.3) is 0 Å². The Morgan fingerprint density at radius 3 is 1.74 bits per heavy atom. The minimum Gasteiger partial charge on any atom is -0.237 e. The molecular weight excluding hydrogens is 553 g/mol. The van der Waals surface area contributed by atoms with Gasteiger partial charge in [0.15, 0.2) is 5.36 Å². The molecule has 11 heteroatoms. The first kappa shape index (κ1) is 27.8. The lowest BCUT2D eigenvalue weighted by molar-refractivity contribution is -0.137. The number of aryl methyl sites for hydroxylation is 1. The molecule has 0 spiro atoms. The molecule has 5 rings (SSSR count). The van der Waals surface area contributed by atoms with Crippen molar-refractivity contribution in [1.82, 2.24) is 0 Å². The zero-order valence-electron chi connectivity index (χ0n) is 21.8. The SMILES string of the molecule is [C-]#[N+]/N=c1/c(-c2ccc(C(F)(F)F)cc2)c(C#N)c2c(C#N)c3c(=NC#N)c(-c4ccc(C)cc4)c([N+]#[C-])c3c(C#N)c12. The van der Waals surface area contributed by atoms with E-state index in [1.165, 1.54) is 0 Å². The fraction of sp³-hybridized carbons (Fsp3) is 0.0625. The van der Waals surface area contributed by atoms with E-state index < -0.39 is 11.7 Å². The smallest absolute Gasteiger partial charge is 0.237 e. The zero-order valence-corrected chi connectivity index (χ0v) is 21.8. The fourth-order valence-corrected chi connectivity index (χ4v) is 5.30. The van der Waals surface area contributed by atoms with Gasteiger partial charge in [-0.2, -0.15) is 45.8 Å². The summed E-state index contributed by atoms with van der Waals surface area (Å²) in [6.07, 6.45) is -2.94. The molecule has 0 aliphatic carbocycles. The Morgan fingerprint density at radius 2 is 1.23 bits per heavy atom. The van der Waals surface area contributed by atoms with Crippen LogP contribution in [-0.2, 0) is 6.18 Å². The predicted octanol–water partition coefficient (Wildman–Crippen LogP) is 6.81. The van der Waals surface area contributed by atoms with Gasteiger partial charge < -0.3 is 0 Å². The minimum atomic E-state index is -4.63. The maximum absolute atomic E-state index is 13.3. The Hall–Kier alpha value is -6.79. The highest BCUT2D eigenvalue weighted by atomic mass is 19.4. The van der Waals surface area contributed by atoms with E-state index in [0.717, 1.165) is 29.8 Å². The summed E-state index contributed by atoms with van der Waals surface area (Å²) in [4.78, 5) is 10.7. The number of hydrogen-bond acceptors (Lipinski definition) is 6. The molecule has 0 atom stereocenters. The molecule has 0 aliphatic heterocycles. The molecule has 0 saturated carbocycles. The first-order valence-electron chi connectivity index (χ1n) is 12.1. The molecule has 0 unspecified atom stereocenters. The van der Waals surface area contributed by atoms with Crippen molar-refractivity contribution in [2.24, 2.45) is 10.1 Å². The molecule has 0 heterocycles. The van der Waals surface area contributed by atoms with Crippen LogP contribution in [0, 0.1) is 65.5 Å². The summed E-state index contributed by atoms with van der Waals surface area (Å²) in [5, 5.41) is 44.2. The maximum atomic E-state index is 13.3. The second-order valence-corrected chi connectivity index (χ2v) is 9.22. The lowest BCUT2D eigenvalue weighted by Gasteiger charge is -2.07. The van der Waals surface area contributed by atoms with Crippen molar-refractivity contribution in [2.75, 3.05) is 0 Å². The number of nitriles is 4. The van der Waals surface area contributed by atoms with Crippen LogP contribution in [0.2, 0.25) is 0 Å². The van der Waals surface area contributed by atoms with Crippen molar-refractivity contribution < 1.29 is 13.2 Å². The summed E-state index contributed by atoms with van der Waals surface area (Å²) in [7, 11) is 0. The van der Waals surface area contributed by atoms with Crippen molar-refractivity contribution in [2.45, 2.75) is 13.1 Å². The summed E-state index contributed by atoms with van der Waals surface area (Å²) in [5.41, 5.74) is 0.0208. The standard InChI is InChI=1S/C32H11F3N8/c1-16-4-6-18(7-5-16)24-29(40-2)27-22(14-38)26-25(21(13-37)28(27)30(24)42-15-39)20(12-36)23(31(26)43-41-3)17-8-10-19(11-9-17)32(33,34)35/h4-11H,1H3/b42-30?,43-31-. The number of halogens is 3. The predicted molar refractivity (Wildman–Crippen MR) is 148 cm³/mol. The van der Waals surface area contributed by atoms with Gasteiger partial charge in [0, 0.05) is 32.7 Å². The summed E-state index contributed by atoms with van der Waals surface area (Å²) in [6, 6.07) is 16.8. The van der Waals surface area contributed by atoms with E-state index >= 15 is 0 Å². The van der Waals surface area contributed by atoms with Crippen LogP contribution in [-0.4, -0.2) is 0 Å². The highest BCUT2D eigenvalue weighted by Gasteiger charge is 2.33. The lowest BCUT2D eigenvalue weighted by atomic mass is 9.95. The molecule has 0 bridgehead atoms. The Balaban J connectivity index is 2.12. The van der Waals surface area contributed by atoms with Gasteiger partial charge in [0.2, 0.25) is 11.9 Å². The second-order valence-electron chi connectivity index (χ2n) is 9.22. The van der Waals surface area contributed by atoms with Crippen molar-refractivity contribution in [3.63, 3.8) is 0 Å². The van der Waals surface area contributed by atoms with Gasteiger partial charge in [0.1, 0.15) is 12.1 Å². The summed E-state index contributed by atoms with van der Waals surface area (Å²) < 4.78 is 39.8. The summed E-state index contributed by atoms with van der Waals surface area (Å²) in [5.74, 6) is 0. The third-order valence-corrected chi connectivity index (χ3v) is 7.02. The Bertz CT molecular complexity index is 2370. The van der Waals surface area contributed by atoms with Crippen molar-refractivity contribution in [3.8, 4) is 46.7 Å². The van der Waals surface area contributed by atoms with Gasteiger partial charge in [-0.25, -0.2) is 4.85 Å². The van der Waals surface area contributed by atoms with Crippen LogP contribution in [0.5, 0.6) is 0 Å². The van der Waals surface area contributed by atoms with E-state index in [9.17, 15) is 34.2 Å². The van der Waals surface area contributed by atoms with Gasteiger partial charge in [-0.15, -0.1) is 4.95 Å². The topological polar surface area (TPSA) is 129 Å². The zero-order chi connectivity index (χ0) is 31.1. The second kappa shape index (κ2) is 10.3. The molecule has 200 valence electrons.